The lowest BCUT2D eigenvalue weighted by Gasteiger charge is -2.54. The van der Waals surface area contributed by atoms with Crippen LogP contribution in [0.25, 0.3) is 0 Å². The number of aromatic nitrogens is 1. The molecule has 3 nitrogen and oxygen atoms in total. The SMILES string of the molecule is N#Cc1c(C2C3CC4CC(C3)CC2C4)cc[nH]c1=O. The first-order valence-corrected chi connectivity index (χ1v) is 7.38. The number of pyridine rings is 1. The van der Waals surface area contributed by atoms with Crippen LogP contribution in [0.3, 0.4) is 0 Å². The summed E-state index contributed by atoms with van der Waals surface area (Å²) >= 11 is 0. The summed E-state index contributed by atoms with van der Waals surface area (Å²) in [5, 5.41) is 9.28. The first-order valence-electron chi connectivity index (χ1n) is 7.38. The highest BCUT2D eigenvalue weighted by Crippen LogP contribution is 2.59. The Kier molecular flexibility index (Phi) is 2.35. The van der Waals surface area contributed by atoms with Crippen LogP contribution in [0.1, 0.15) is 49.1 Å². The molecular weight excluding hydrogens is 236 g/mol. The topological polar surface area (TPSA) is 56.6 Å². The first kappa shape index (κ1) is 11.3. The van der Waals surface area contributed by atoms with Gasteiger partial charge in [0.15, 0.2) is 0 Å². The van der Waals surface area contributed by atoms with Crippen LogP contribution in [0.2, 0.25) is 0 Å². The molecule has 0 unspecified atom stereocenters. The van der Waals surface area contributed by atoms with Crippen molar-refractivity contribution in [1.29, 1.82) is 5.26 Å². The Hall–Kier alpha value is -1.56. The molecule has 1 heterocycles. The minimum Gasteiger partial charge on any atom is -0.328 e. The van der Waals surface area contributed by atoms with E-state index < -0.39 is 0 Å². The first-order chi connectivity index (χ1) is 9.26. The van der Waals surface area contributed by atoms with Gasteiger partial charge in [-0.25, -0.2) is 0 Å². The zero-order chi connectivity index (χ0) is 13.0. The van der Waals surface area contributed by atoms with Gasteiger partial charge in [0.2, 0.25) is 0 Å². The maximum Gasteiger partial charge on any atom is 0.266 e. The van der Waals surface area contributed by atoms with Gasteiger partial charge >= 0.3 is 0 Å². The van der Waals surface area contributed by atoms with Gasteiger partial charge in [-0.2, -0.15) is 5.26 Å². The van der Waals surface area contributed by atoms with Gasteiger partial charge in [0.25, 0.3) is 5.56 Å². The molecule has 4 aliphatic carbocycles. The molecule has 0 spiro atoms. The van der Waals surface area contributed by atoms with E-state index in [1.165, 1.54) is 32.1 Å². The Morgan fingerprint density at radius 1 is 1.11 bits per heavy atom. The molecule has 0 saturated heterocycles. The second-order valence-electron chi connectivity index (χ2n) is 6.71. The monoisotopic (exact) mass is 254 g/mol. The summed E-state index contributed by atoms with van der Waals surface area (Å²) in [5.41, 5.74) is 1.17. The predicted molar refractivity (Wildman–Crippen MR) is 71.6 cm³/mol. The number of H-pyrrole nitrogens is 1. The Balaban J connectivity index is 1.80. The summed E-state index contributed by atoms with van der Waals surface area (Å²) in [4.78, 5) is 14.5. The standard InChI is InChI=1S/C16H18N2O/c17-8-14-13(1-2-18-16(14)19)15-11-4-9-3-10(6-11)7-12(15)5-9/h1-2,9-12,15H,3-7H2,(H,18,19). The van der Waals surface area contributed by atoms with Gasteiger partial charge in [-0.15, -0.1) is 0 Å². The molecule has 4 aliphatic rings. The Morgan fingerprint density at radius 2 is 1.74 bits per heavy atom. The third kappa shape index (κ3) is 1.59. The summed E-state index contributed by atoms with van der Waals surface area (Å²) in [5.74, 6) is 3.73. The van der Waals surface area contributed by atoms with Gasteiger partial charge in [-0.1, -0.05) is 0 Å². The minimum atomic E-state index is -0.214. The van der Waals surface area contributed by atoms with Gasteiger partial charge in [-0.3, -0.25) is 4.79 Å². The lowest BCUT2D eigenvalue weighted by atomic mass is 9.50. The van der Waals surface area contributed by atoms with Crippen LogP contribution in [-0.2, 0) is 0 Å². The maximum absolute atomic E-state index is 11.8. The average Bonchev–Trinajstić information content (AvgIpc) is 2.37. The third-order valence-corrected chi connectivity index (χ3v) is 5.69. The quantitative estimate of drug-likeness (QED) is 0.837. The van der Waals surface area contributed by atoms with Gasteiger partial charge in [0, 0.05) is 6.20 Å². The predicted octanol–water partition coefficient (Wildman–Crippen LogP) is 2.79. The molecule has 98 valence electrons. The number of nitriles is 1. The molecule has 4 bridgehead atoms. The molecule has 1 aromatic rings. The number of rotatable bonds is 1. The Morgan fingerprint density at radius 3 is 2.32 bits per heavy atom. The molecule has 4 saturated carbocycles. The summed E-state index contributed by atoms with van der Waals surface area (Å²) in [6, 6.07) is 4.11. The van der Waals surface area contributed by atoms with Crippen LogP contribution < -0.4 is 5.56 Å². The summed E-state index contributed by atoms with van der Waals surface area (Å²) in [6.45, 7) is 0. The van der Waals surface area contributed by atoms with Gasteiger partial charge < -0.3 is 4.98 Å². The van der Waals surface area contributed by atoms with Crippen LogP contribution >= 0.6 is 0 Å². The maximum atomic E-state index is 11.8. The molecule has 5 rings (SSSR count). The molecule has 4 fully saturated rings. The van der Waals surface area contributed by atoms with Crippen molar-refractivity contribution in [2.75, 3.05) is 0 Å². The van der Waals surface area contributed by atoms with Crippen molar-refractivity contribution < 1.29 is 0 Å². The van der Waals surface area contributed by atoms with Crippen LogP contribution in [0.15, 0.2) is 17.1 Å². The van der Waals surface area contributed by atoms with Crippen LogP contribution in [0, 0.1) is 35.0 Å². The zero-order valence-electron chi connectivity index (χ0n) is 10.9. The van der Waals surface area contributed by atoms with Crippen molar-refractivity contribution in [2.45, 2.75) is 38.0 Å². The van der Waals surface area contributed by atoms with E-state index in [0.29, 0.717) is 23.3 Å². The van der Waals surface area contributed by atoms with E-state index >= 15 is 0 Å². The highest BCUT2D eigenvalue weighted by molar-refractivity contribution is 5.39. The third-order valence-electron chi connectivity index (χ3n) is 5.69. The van der Waals surface area contributed by atoms with Crippen molar-refractivity contribution in [1.82, 2.24) is 4.98 Å². The molecule has 19 heavy (non-hydrogen) atoms. The Labute approximate surface area is 112 Å². The highest BCUT2D eigenvalue weighted by atomic mass is 16.1. The molecule has 1 aromatic heterocycles. The number of nitrogens with zero attached hydrogens (tertiary/aromatic N) is 1. The molecule has 0 atom stereocenters. The van der Waals surface area contributed by atoms with E-state index in [1.807, 2.05) is 6.07 Å². The summed E-state index contributed by atoms with van der Waals surface area (Å²) in [6.07, 6.45) is 8.40. The second-order valence-corrected chi connectivity index (χ2v) is 6.71. The van der Waals surface area contributed by atoms with Crippen LogP contribution in [-0.4, -0.2) is 4.98 Å². The molecule has 0 aliphatic heterocycles. The van der Waals surface area contributed by atoms with E-state index in [-0.39, 0.29) is 5.56 Å². The Bertz CT molecular complexity index is 582. The fraction of sp³-hybridized carbons (Fsp3) is 0.625. The second kappa shape index (κ2) is 3.96. The smallest absolute Gasteiger partial charge is 0.266 e. The number of aromatic amines is 1. The molecular formula is C16H18N2O. The van der Waals surface area contributed by atoms with E-state index in [4.69, 9.17) is 0 Å². The molecule has 0 aromatic carbocycles. The minimum absolute atomic E-state index is 0.214. The van der Waals surface area contributed by atoms with Crippen molar-refractivity contribution in [3.8, 4) is 6.07 Å². The number of hydrogen-bond donors (Lipinski definition) is 1. The van der Waals surface area contributed by atoms with E-state index in [9.17, 15) is 10.1 Å². The average molecular weight is 254 g/mol. The van der Waals surface area contributed by atoms with E-state index in [2.05, 4.69) is 11.1 Å². The van der Waals surface area contributed by atoms with Crippen LogP contribution in [0.5, 0.6) is 0 Å². The zero-order valence-corrected chi connectivity index (χ0v) is 10.9. The normalized spacial score (nSPS) is 39.2. The van der Waals surface area contributed by atoms with Gasteiger partial charge in [0.1, 0.15) is 11.6 Å². The van der Waals surface area contributed by atoms with Crippen LogP contribution in [0.4, 0.5) is 0 Å². The molecule has 1 N–H and O–H groups in total. The van der Waals surface area contributed by atoms with Crippen molar-refractivity contribution in [3.63, 3.8) is 0 Å². The highest BCUT2D eigenvalue weighted by Gasteiger charge is 2.49. The van der Waals surface area contributed by atoms with Crippen molar-refractivity contribution in [2.24, 2.45) is 23.7 Å². The van der Waals surface area contributed by atoms with Gasteiger partial charge in [0.05, 0.1) is 0 Å². The lowest BCUT2D eigenvalue weighted by molar-refractivity contribution is -0.00291. The fourth-order valence-electron chi connectivity index (χ4n) is 5.32. The summed E-state index contributed by atoms with van der Waals surface area (Å²) < 4.78 is 0. The van der Waals surface area contributed by atoms with Crippen molar-refractivity contribution >= 4 is 0 Å². The molecule has 0 radical (unpaired) electrons. The molecule has 0 amide bonds. The van der Waals surface area contributed by atoms with E-state index in [1.54, 1.807) is 6.20 Å². The lowest BCUT2D eigenvalue weighted by Crippen LogP contribution is -2.44. The largest absolute Gasteiger partial charge is 0.328 e. The van der Waals surface area contributed by atoms with Gasteiger partial charge in [-0.05, 0) is 73.3 Å². The number of hydrogen-bond acceptors (Lipinski definition) is 2. The molecule has 3 heteroatoms. The fourth-order valence-corrected chi connectivity index (χ4v) is 5.32. The van der Waals surface area contributed by atoms with Crippen molar-refractivity contribution in [3.05, 3.63) is 33.7 Å². The van der Waals surface area contributed by atoms with E-state index in [0.717, 1.165) is 17.4 Å². The number of nitrogens with one attached hydrogen (secondary N) is 1. The summed E-state index contributed by atoms with van der Waals surface area (Å²) in [7, 11) is 0.